The maximum atomic E-state index is 12.3. The van der Waals surface area contributed by atoms with Gasteiger partial charge in [-0.1, -0.05) is 30.3 Å². The number of hydrogen-bond acceptors (Lipinski definition) is 3. The number of nitrogens with one attached hydrogen (secondary N) is 1. The Balaban J connectivity index is 1.63. The molecule has 0 aliphatic carbocycles. The summed E-state index contributed by atoms with van der Waals surface area (Å²) >= 11 is 0. The van der Waals surface area contributed by atoms with E-state index in [0.717, 1.165) is 31.5 Å². The van der Waals surface area contributed by atoms with Crippen LogP contribution in [-0.4, -0.2) is 32.3 Å². The van der Waals surface area contributed by atoms with E-state index in [-0.39, 0.29) is 17.3 Å². The average molecular weight is 344 g/mol. The lowest BCUT2D eigenvalue weighted by molar-refractivity contribution is 0.0793. The average Bonchev–Trinajstić information content (AvgIpc) is 3.15. The summed E-state index contributed by atoms with van der Waals surface area (Å²) in [6, 6.07) is 15.4. The van der Waals surface area contributed by atoms with Gasteiger partial charge in [-0.05, 0) is 42.7 Å². The molecule has 6 heteroatoms. The minimum Gasteiger partial charge on any atom is -0.339 e. The van der Waals surface area contributed by atoms with Crippen LogP contribution in [0.15, 0.2) is 59.5 Å². The Morgan fingerprint density at radius 3 is 2.21 bits per heavy atom. The smallest absolute Gasteiger partial charge is 0.253 e. The number of amides is 1. The number of rotatable bonds is 5. The number of carbonyl (C=O) groups is 1. The molecule has 1 heterocycles. The number of hydrogen-bond donors (Lipinski definition) is 1. The van der Waals surface area contributed by atoms with Crippen LogP contribution in [-0.2, 0) is 16.6 Å². The summed E-state index contributed by atoms with van der Waals surface area (Å²) in [4.78, 5) is 14.4. The summed E-state index contributed by atoms with van der Waals surface area (Å²) in [6.07, 6.45) is 2.12. The van der Waals surface area contributed by atoms with Crippen molar-refractivity contribution in [3.63, 3.8) is 0 Å². The molecule has 0 spiro atoms. The number of sulfonamides is 1. The fourth-order valence-corrected chi connectivity index (χ4v) is 3.77. The highest BCUT2D eigenvalue weighted by atomic mass is 32.2. The quantitative estimate of drug-likeness (QED) is 0.906. The molecule has 24 heavy (non-hydrogen) atoms. The number of likely N-dealkylation sites (tertiary alicyclic amines) is 1. The fraction of sp³-hybridized carbons (Fsp3) is 0.278. The second-order valence-corrected chi connectivity index (χ2v) is 7.60. The second kappa shape index (κ2) is 7.15. The maximum absolute atomic E-state index is 12.3. The van der Waals surface area contributed by atoms with E-state index >= 15 is 0 Å². The van der Waals surface area contributed by atoms with Crippen molar-refractivity contribution >= 4 is 15.9 Å². The lowest BCUT2D eigenvalue weighted by Gasteiger charge is -2.15. The van der Waals surface area contributed by atoms with E-state index in [4.69, 9.17) is 0 Å². The molecule has 0 unspecified atom stereocenters. The first kappa shape index (κ1) is 16.7. The summed E-state index contributed by atoms with van der Waals surface area (Å²) < 4.78 is 26.9. The largest absolute Gasteiger partial charge is 0.339 e. The lowest BCUT2D eigenvalue weighted by atomic mass is 10.1. The second-order valence-electron chi connectivity index (χ2n) is 5.83. The van der Waals surface area contributed by atoms with Crippen molar-refractivity contribution in [2.24, 2.45) is 0 Å². The SMILES string of the molecule is O=C(c1ccc(CNS(=O)(=O)c2ccccc2)cc1)N1CCCC1. The zero-order valence-corrected chi connectivity index (χ0v) is 14.1. The highest BCUT2D eigenvalue weighted by Gasteiger charge is 2.19. The van der Waals surface area contributed by atoms with E-state index in [1.54, 1.807) is 54.6 Å². The first-order valence-corrected chi connectivity index (χ1v) is 9.47. The molecule has 2 aromatic carbocycles. The van der Waals surface area contributed by atoms with Gasteiger partial charge in [-0.2, -0.15) is 0 Å². The third kappa shape index (κ3) is 3.83. The van der Waals surface area contributed by atoms with Crippen LogP contribution in [0.4, 0.5) is 0 Å². The van der Waals surface area contributed by atoms with Crippen molar-refractivity contribution in [3.8, 4) is 0 Å². The monoisotopic (exact) mass is 344 g/mol. The van der Waals surface area contributed by atoms with E-state index in [0.29, 0.717) is 5.56 Å². The lowest BCUT2D eigenvalue weighted by Crippen LogP contribution is -2.27. The van der Waals surface area contributed by atoms with Gasteiger partial charge in [0, 0.05) is 25.2 Å². The third-order valence-electron chi connectivity index (χ3n) is 4.11. The molecule has 2 aromatic rings. The molecule has 1 saturated heterocycles. The minimum absolute atomic E-state index is 0.0453. The van der Waals surface area contributed by atoms with Crippen molar-refractivity contribution < 1.29 is 13.2 Å². The molecule has 0 bridgehead atoms. The molecule has 1 amide bonds. The number of nitrogens with zero attached hydrogens (tertiary/aromatic N) is 1. The highest BCUT2D eigenvalue weighted by Crippen LogP contribution is 2.14. The number of carbonyl (C=O) groups excluding carboxylic acids is 1. The molecule has 1 fully saturated rings. The molecule has 0 saturated carbocycles. The molecule has 126 valence electrons. The molecule has 0 aromatic heterocycles. The van der Waals surface area contributed by atoms with E-state index in [9.17, 15) is 13.2 Å². The number of benzene rings is 2. The molecule has 1 aliphatic heterocycles. The van der Waals surface area contributed by atoms with Gasteiger partial charge in [-0.15, -0.1) is 0 Å². The van der Waals surface area contributed by atoms with Gasteiger partial charge < -0.3 is 4.90 Å². The van der Waals surface area contributed by atoms with Gasteiger partial charge in [0.2, 0.25) is 10.0 Å². The molecule has 0 radical (unpaired) electrons. The van der Waals surface area contributed by atoms with Gasteiger partial charge in [0.05, 0.1) is 4.90 Å². The van der Waals surface area contributed by atoms with Crippen LogP contribution in [0.5, 0.6) is 0 Å². The van der Waals surface area contributed by atoms with E-state index in [2.05, 4.69) is 4.72 Å². The summed E-state index contributed by atoms with van der Waals surface area (Å²) in [6.45, 7) is 1.82. The van der Waals surface area contributed by atoms with Gasteiger partial charge in [-0.25, -0.2) is 13.1 Å². The summed E-state index contributed by atoms with van der Waals surface area (Å²) in [5.41, 5.74) is 1.46. The van der Waals surface area contributed by atoms with Gasteiger partial charge >= 0.3 is 0 Å². The molecule has 1 N–H and O–H groups in total. The predicted molar refractivity (Wildman–Crippen MR) is 92.0 cm³/mol. The molecular formula is C18H20N2O3S. The van der Waals surface area contributed by atoms with Crippen LogP contribution in [0, 0.1) is 0 Å². The molecule has 1 aliphatic rings. The Hall–Kier alpha value is -2.18. The van der Waals surface area contributed by atoms with Crippen molar-refractivity contribution in [2.45, 2.75) is 24.3 Å². The van der Waals surface area contributed by atoms with Crippen LogP contribution < -0.4 is 4.72 Å². The van der Waals surface area contributed by atoms with E-state index in [1.807, 2.05) is 4.90 Å². The van der Waals surface area contributed by atoms with Crippen LogP contribution in [0.3, 0.4) is 0 Å². The van der Waals surface area contributed by atoms with Crippen LogP contribution in [0.2, 0.25) is 0 Å². The Bertz CT molecular complexity index is 796. The predicted octanol–water partition coefficient (Wildman–Crippen LogP) is 2.40. The Morgan fingerprint density at radius 2 is 1.58 bits per heavy atom. The maximum Gasteiger partial charge on any atom is 0.253 e. The van der Waals surface area contributed by atoms with Gasteiger partial charge in [-0.3, -0.25) is 4.79 Å². The Morgan fingerprint density at radius 1 is 0.958 bits per heavy atom. The standard InChI is InChI=1S/C18H20N2O3S/c21-18(20-12-4-5-13-20)16-10-8-15(9-11-16)14-19-24(22,23)17-6-2-1-3-7-17/h1-3,6-11,19H,4-5,12-14H2. The zero-order chi connectivity index (χ0) is 17.0. The Labute approximate surface area is 142 Å². The van der Waals surface area contributed by atoms with E-state index in [1.165, 1.54) is 0 Å². The third-order valence-corrected chi connectivity index (χ3v) is 5.53. The molecule has 3 rings (SSSR count). The van der Waals surface area contributed by atoms with E-state index < -0.39 is 10.0 Å². The zero-order valence-electron chi connectivity index (χ0n) is 13.3. The first-order chi connectivity index (χ1) is 11.6. The van der Waals surface area contributed by atoms with Crippen molar-refractivity contribution in [2.75, 3.05) is 13.1 Å². The van der Waals surface area contributed by atoms with Crippen LogP contribution in [0.25, 0.3) is 0 Å². The van der Waals surface area contributed by atoms with Crippen LogP contribution in [0.1, 0.15) is 28.8 Å². The summed E-state index contributed by atoms with van der Waals surface area (Å²) in [7, 11) is -3.52. The summed E-state index contributed by atoms with van der Waals surface area (Å²) in [5, 5.41) is 0. The van der Waals surface area contributed by atoms with Crippen molar-refractivity contribution in [1.29, 1.82) is 0 Å². The summed E-state index contributed by atoms with van der Waals surface area (Å²) in [5.74, 6) is 0.0453. The van der Waals surface area contributed by atoms with Gasteiger partial charge in [0.15, 0.2) is 0 Å². The highest BCUT2D eigenvalue weighted by molar-refractivity contribution is 7.89. The minimum atomic E-state index is -3.52. The topological polar surface area (TPSA) is 66.5 Å². The molecular weight excluding hydrogens is 324 g/mol. The Kier molecular flexibility index (Phi) is 4.97. The first-order valence-electron chi connectivity index (χ1n) is 7.99. The molecule has 0 atom stereocenters. The van der Waals surface area contributed by atoms with Gasteiger partial charge in [0.1, 0.15) is 0 Å². The fourth-order valence-electron chi connectivity index (χ4n) is 2.73. The van der Waals surface area contributed by atoms with Crippen molar-refractivity contribution in [3.05, 3.63) is 65.7 Å². The van der Waals surface area contributed by atoms with Gasteiger partial charge in [0.25, 0.3) is 5.91 Å². The normalized spacial score (nSPS) is 14.8. The molecule has 5 nitrogen and oxygen atoms in total. The van der Waals surface area contributed by atoms with Crippen molar-refractivity contribution in [1.82, 2.24) is 9.62 Å². The van der Waals surface area contributed by atoms with Crippen LogP contribution >= 0.6 is 0 Å².